The highest BCUT2D eigenvalue weighted by atomic mass is 19.4. The molecule has 0 aliphatic carbocycles. The molecule has 0 spiro atoms. The zero-order valence-electron chi connectivity index (χ0n) is 32.9. The molecule has 0 saturated heterocycles. The van der Waals surface area contributed by atoms with Gasteiger partial charge in [0.15, 0.2) is 0 Å². The molecule has 4 N–H and O–H groups in total. The lowest BCUT2D eigenvalue weighted by Gasteiger charge is -2.34. The van der Waals surface area contributed by atoms with Crippen LogP contribution in [0.3, 0.4) is 0 Å². The quantitative estimate of drug-likeness (QED) is 0.133. The highest BCUT2D eigenvalue weighted by Gasteiger charge is 2.45. The molecule has 18 heteroatoms. The number of nitrogens with two attached hydrogens (primary N) is 1. The van der Waals surface area contributed by atoms with Crippen LogP contribution in [0.4, 0.5) is 42.5 Å². The minimum atomic E-state index is -4.69. The summed E-state index contributed by atoms with van der Waals surface area (Å²) in [6.07, 6.45) is -9.30. The van der Waals surface area contributed by atoms with E-state index in [4.69, 9.17) is 5.73 Å². The first-order valence-electron chi connectivity index (χ1n) is 19.2. The largest absolute Gasteiger partial charge is 0.416 e. The van der Waals surface area contributed by atoms with Gasteiger partial charge in [-0.15, -0.1) is 0 Å². The summed E-state index contributed by atoms with van der Waals surface area (Å²) < 4.78 is 81.9. The zero-order valence-corrected chi connectivity index (χ0v) is 32.9. The molecule has 4 amide bonds. The van der Waals surface area contributed by atoms with Crippen LogP contribution in [0, 0.1) is 22.7 Å². The number of alkyl halides is 6. The van der Waals surface area contributed by atoms with Gasteiger partial charge in [-0.05, 0) is 78.8 Å². The Morgan fingerprint density at radius 3 is 1.95 bits per heavy atom. The molecule has 0 unspecified atom stereocenters. The summed E-state index contributed by atoms with van der Waals surface area (Å²) in [5.74, 6) is -0.901. The van der Waals surface area contributed by atoms with Gasteiger partial charge in [0.2, 0.25) is 0 Å². The third-order valence-corrected chi connectivity index (χ3v) is 10.9. The van der Waals surface area contributed by atoms with Crippen molar-refractivity contribution in [1.29, 1.82) is 10.5 Å². The molecule has 3 aliphatic heterocycles. The summed E-state index contributed by atoms with van der Waals surface area (Å²) in [5, 5.41) is 24.3. The molecule has 3 aliphatic rings. The average Bonchev–Trinajstić information content (AvgIpc) is 3.74. The summed E-state index contributed by atoms with van der Waals surface area (Å²) in [4.78, 5) is 47.7. The number of carbonyl (C=O) groups is 3. The maximum atomic E-state index is 14.2. The first-order valence-corrected chi connectivity index (χ1v) is 19.2. The van der Waals surface area contributed by atoms with Gasteiger partial charge in [-0.25, -0.2) is 4.79 Å². The van der Waals surface area contributed by atoms with Crippen molar-refractivity contribution in [3.05, 3.63) is 153 Å². The maximum absolute atomic E-state index is 14.2. The van der Waals surface area contributed by atoms with Crippen LogP contribution in [0.15, 0.2) is 120 Å². The van der Waals surface area contributed by atoms with Gasteiger partial charge < -0.3 is 31.1 Å². The number of nitrogens with zero attached hydrogens (tertiary/aromatic N) is 6. The molecule has 12 nitrogen and oxygen atoms in total. The fourth-order valence-corrected chi connectivity index (χ4v) is 7.60. The number of nitrogens with one attached hydrogen (secondary N) is 2. The van der Waals surface area contributed by atoms with Gasteiger partial charge in [-0.2, -0.15) is 36.9 Å². The SMILES string of the molecule is CN(CCN1CC(Nc2cccc(C(F)(F)F)c2)=C([C@H](N)c2ccc(C#N)cc2)C1=O)CCN1CC2=C(C1=O)[C@@H](c1ccc(C#N)cc1)NC(=O)N2c1cccc(C(F)(F)F)c1. The lowest BCUT2D eigenvalue weighted by atomic mass is 9.94. The van der Waals surface area contributed by atoms with Gasteiger partial charge in [0.25, 0.3) is 11.8 Å². The van der Waals surface area contributed by atoms with E-state index in [0.717, 1.165) is 29.2 Å². The van der Waals surface area contributed by atoms with Crippen molar-refractivity contribution in [3.63, 3.8) is 0 Å². The second-order valence-corrected chi connectivity index (χ2v) is 14.9. The molecular formula is C44H37F6N9O3. The predicted molar refractivity (Wildman–Crippen MR) is 214 cm³/mol. The van der Waals surface area contributed by atoms with Gasteiger partial charge in [0.05, 0.1) is 82.1 Å². The lowest BCUT2D eigenvalue weighted by molar-refractivity contribution is -0.138. The zero-order chi connectivity index (χ0) is 44.5. The maximum Gasteiger partial charge on any atom is 0.416 e. The average molecular weight is 854 g/mol. The van der Waals surface area contributed by atoms with Crippen LogP contribution in [0.1, 0.15) is 45.5 Å². The Hall–Kier alpha value is -7.15. The van der Waals surface area contributed by atoms with Gasteiger partial charge in [-0.1, -0.05) is 36.4 Å². The standard InChI is InChI=1S/C44H37F6N9O3/c1-56(16-18-57-24-34(54-32-6-2-4-30(20-32)43(45,46)47)36(40(57)60)38(53)28-12-8-26(22-51)9-13-28)17-19-58-25-35-37(41(58)61)39(29-14-10-27(23-52)11-15-29)55-42(62)59(35)33-7-3-5-31(21-33)44(48,49)50/h2-15,20-21,38-39,54H,16-19,24-25,53H2,1H3,(H,55,62)/t38-,39-/m1/s1. The Morgan fingerprint density at radius 2 is 1.35 bits per heavy atom. The van der Waals surface area contributed by atoms with Crippen molar-refractivity contribution < 1.29 is 40.7 Å². The van der Waals surface area contributed by atoms with Crippen LogP contribution in [-0.4, -0.2) is 78.9 Å². The van der Waals surface area contributed by atoms with E-state index >= 15 is 0 Å². The van der Waals surface area contributed by atoms with E-state index in [0.29, 0.717) is 28.0 Å². The van der Waals surface area contributed by atoms with Crippen molar-refractivity contribution in [2.45, 2.75) is 24.4 Å². The fraction of sp³-hybridized carbons (Fsp3) is 0.250. The Morgan fingerprint density at radius 1 is 0.790 bits per heavy atom. The number of nitriles is 2. The predicted octanol–water partition coefficient (Wildman–Crippen LogP) is 6.67. The molecule has 0 bridgehead atoms. The molecular weight excluding hydrogens is 817 g/mol. The number of likely N-dealkylation sites (N-methyl/N-ethyl adjacent to an activating group) is 1. The van der Waals surface area contributed by atoms with Crippen LogP contribution in [-0.2, 0) is 21.9 Å². The minimum Gasteiger partial charge on any atom is -0.357 e. The lowest BCUT2D eigenvalue weighted by Crippen LogP contribution is -2.47. The Bertz CT molecular complexity index is 2560. The van der Waals surface area contributed by atoms with Gasteiger partial charge in [0.1, 0.15) is 0 Å². The van der Waals surface area contributed by atoms with Crippen molar-refractivity contribution >= 4 is 29.2 Å². The first-order chi connectivity index (χ1) is 29.5. The van der Waals surface area contributed by atoms with E-state index in [1.54, 1.807) is 43.4 Å². The monoisotopic (exact) mass is 853 g/mol. The number of carbonyl (C=O) groups excluding carboxylic acids is 3. The summed E-state index contributed by atoms with van der Waals surface area (Å²) in [7, 11) is 1.76. The molecule has 318 valence electrons. The van der Waals surface area contributed by atoms with E-state index in [1.165, 1.54) is 46.2 Å². The molecule has 7 rings (SSSR count). The number of amides is 4. The molecule has 0 aromatic heterocycles. The van der Waals surface area contributed by atoms with E-state index in [1.807, 2.05) is 17.0 Å². The Balaban J connectivity index is 1.07. The topological polar surface area (TPSA) is 162 Å². The van der Waals surface area contributed by atoms with E-state index in [2.05, 4.69) is 10.6 Å². The summed E-state index contributed by atoms with van der Waals surface area (Å²) >= 11 is 0. The molecule has 2 atom stereocenters. The van der Waals surface area contributed by atoms with Crippen LogP contribution >= 0.6 is 0 Å². The number of urea groups is 1. The van der Waals surface area contributed by atoms with E-state index in [9.17, 15) is 51.2 Å². The minimum absolute atomic E-state index is 0.00732. The van der Waals surface area contributed by atoms with Crippen molar-refractivity contribution in [1.82, 2.24) is 20.0 Å². The van der Waals surface area contributed by atoms with Gasteiger partial charge in [-0.3, -0.25) is 14.5 Å². The van der Waals surface area contributed by atoms with Crippen LogP contribution in [0.2, 0.25) is 0 Å². The van der Waals surface area contributed by atoms with Gasteiger partial charge in [0, 0.05) is 37.6 Å². The molecule has 0 saturated carbocycles. The summed E-state index contributed by atoms with van der Waals surface area (Å²) in [6.45, 7) is 0.706. The molecule has 4 aromatic carbocycles. The van der Waals surface area contributed by atoms with Crippen LogP contribution in [0.25, 0.3) is 0 Å². The molecule has 3 heterocycles. The molecule has 4 aromatic rings. The van der Waals surface area contributed by atoms with Crippen molar-refractivity contribution in [2.24, 2.45) is 5.73 Å². The third-order valence-electron chi connectivity index (χ3n) is 10.9. The smallest absolute Gasteiger partial charge is 0.357 e. The van der Waals surface area contributed by atoms with Crippen molar-refractivity contribution in [2.75, 3.05) is 56.5 Å². The molecule has 0 fully saturated rings. The first kappa shape index (κ1) is 43.0. The number of hydrogen-bond donors (Lipinski definition) is 3. The van der Waals surface area contributed by atoms with Crippen molar-refractivity contribution in [3.8, 4) is 12.1 Å². The second-order valence-electron chi connectivity index (χ2n) is 14.9. The normalized spacial score (nSPS) is 17.4. The Labute approximate surface area is 351 Å². The number of rotatable bonds is 12. The van der Waals surface area contributed by atoms with E-state index < -0.39 is 53.4 Å². The number of halogens is 6. The van der Waals surface area contributed by atoms with Crippen LogP contribution in [0.5, 0.6) is 0 Å². The summed E-state index contributed by atoms with van der Waals surface area (Å²) in [5.41, 5.74) is 7.29. The third kappa shape index (κ3) is 8.83. The fourth-order valence-electron chi connectivity index (χ4n) is 7.60. The highest BCUT2D eigenvalue weighted by molar-refractivity contribution is 6.07. The number of anilines is 2. The molecule has 62 heavy (non-hydrogen) atoms. The van der Waals surface area contributed by atoms with E-state index in [-0.39, 0.29) is 67.5 Å². The van der Waals surface area contributed by atoms with Gasteiger partial charge >= 0.3 is 18.4 Å². The molecule has 0 radical (unpaired) electrons. The Kier molecular flexibility index (Phi) is 11.8. The second kappa shape index (κ2) is 17.1. The van der Waals surface area contributed by atoms with Crippen LogP contribution < -0.4 is 21.3 Å². The number of hydrogen-bond acceptors (Lipinski definition) is 8. The highest BCUT2D eigenvalue weighted by Crippen LogP contribution is 2.40. The summed E-state index contributed by atoms with van der Waals surface area (Å²) in [6, 6.07) is 22.7. The number of benzene rings is 4.